The van der Waals surface area contributed by atoms with E-state index < -0.39 is 12.1 Å². The highest BCUT2D eigenvalue weighted by Crippen LogP contribution is 2.10. The molecular formula is C13H28N4O2. The lowest BCUT2D eigenvalue weighted by Crippen LogP contribution is -2.43. The molecule has 0 aliphatic heterocycles. The molecule has 0 radical (unpaired) electrons. The van der Waals surface area contributed by atoms with Gasteiger partial charge < -0.3 is 27.2 Å². The third-order valence-electron chi connectivity index (χ3n) is 2.84. The number of carbonyl (C=O) groups excluding carboxylic acids is 1. The molecule has 0 saturated heterocycles. The van der Waals surface area contributed by atoms with Gasteiger partial charge in [0.25, 0.3) is 0 Å². The van der Waals surface area contributed by atoms with Crippen molar-refractivity contribution >= 4 is 5.91 Å². The Morgan fingerprint density at radius 2 is 2.05 bits per heavy atom. The normalized spacial score (nSPS) is 16.3. The second-order valence-corrected chi connectivity index (χ2v) is 4.63. The summed E-state index contributed by atoms with van der Waals surface area (Å²) in [7, 11) is 0. The molecule has 0 aliphatic carbocycles. The van der Waals surface area contributed by atoms with Crippen molar-refractivity contribution in [2.24, 2.45) is 17.4 Å². The monoisotopic (exact) mass is 272 g/mol. The van der Waals surface area contributed by atoms with Crippen LogP contribution >= 0.6 is 0 Å². The summed E-state index contributed by atoms with van der Waals surface area (Å²) in [6.07, 6.45) is 3.15. The van der Waals surface area contributed by atoms with Crippen molar-refractivity contribution in [3.63, 3.8) is 0 Å². The second-order valence-electron chi connectivity index (χ2n) is 4.63. The van der Waals surface area contributed by atoms with Gasteiger partial charge in [-0.2, -0.15) is 0 Å². The van der Waals surface area contributed by atoms with Crippen molar-refractivity contribution in [2.75, 3.05) is 26.2 Å². The molecule has 7 N–H and O–H groups in total. The van der Waals surface area contributed by atoms with Crippen molar-refractivity contribution in [1.29, 1.82) is 0 Å². The SMILES string of the molecule is CC=CC(C)C(O)C(N)CC(=O)NCCNCCN. The van der Waals surface area contributed by atoms with Crippen molar-refractivity contribution in [2.45, 2.75) is 32.4 Å². The van der Waals surface area contributed by atoms with Crippen LogP contribution in [-0.4, -0.2) is 49.3 Å². The first kappa shape index (κ1) is 18.0. The molecule has 3 atom stereocenters. The fourth-order valence-electron chi connectivity index (χ4n) is 1.73. The molecule has 0 fully saturated rings. The quantitative estimate of drug-likeness (QED) is 0.257. The average molecular weight is 272 g/mol. The maximum Gasteiger partial charge on any atom is 0.221 e. The summed E-state index contributed by atoms with van der Waals surface area (Å²) in [6, 6.07) is -0.553. The third-order valence-corrected chi connectivity index (χ3v) is 2.84. The fourth-order valence-corrected chi connectivity index (χ4v) is 1.73. The molecular weight excluding hydrogens is 244 g/mol. The Bertz CT molecular complexity index is 271. The molecule has 0 aromatic carbocycles. The first-order valence-electron chi connectivity index (χ1n) is 6.76. The van der Waals surface area contributed by atoms with E-state index in [1.807, 2.05) is 26.0 Å². The Morgan fingerprint density at radius 3 is 2.63 bits per heavy atom. The number of aliphatic hydroxyl groups is 1. The lowest BCUT2D eigenvalue weighted by Gasteiger charge is -2.22. The zero-order valence-electron chi connectivity index (χ0n) is 11.9. The first-order chi connectivity index (χ1) is 9.02. The van der Waals surface area contributed by atoms with Gasteiger partial charge in [-0.15, -0.1) is 0 Å². The van der Waals surface area contributed by atoms with Gasteiger partial charge >= 0.3 is 0 Å². The minimum absolute atomic E-state index is 0.0565. The van der Waals surface area contributed by atoms with E-state index in [0.717, 1.165) is 6.54 Å². The molecule has 6 nitrogen and oxygen atoms in total. The summed E-state index contributed by atoms with van der Waals surface area (Å²) in [5.41, 5.74) is 11.1. The Labute approximate surface area is 115 Å². The molecule has 0 aliphatic rings. The molecule has 3 unspecified atom stereocenters. The topological polar surface area (TPSA) is 113 Å². The number of nitrogens with two attached hydrogens (primary N) is 2. The van der Waals surface area contributed by atoms with Crippen LogP contribution in [-0.2, 0) is 4.79 Å². The summed E-state index contributed by atoms with van der Waals surface area (Å²) in [5, 5.41) is 15.7. The molecule has 0 bridgehead atoms. The number of hydrogen-bond donors (Lipinski definition) is 5. The van der Waals surface area contributed by atoms with Crippen molar-refractivity contribution < 1.29 is 9.90 Å². The highest BCUT2D eigenvalue weighted by atomic mass is 16.3. The number of amides is 1. The molecule has 6 heteroatoms. The molecule has 19 heavy (non-hydrogen) atoms. The fraction of sp³-hybridized carbons (Fsp3) is 0.769. The minimum Gasteiger partial charge on any atom is -0.391 e. The molecule has 0 saturated carbocycles. The average Bonchev–Trinajstić information content (AvgIpc) is 2.37. The minimum atomic E-state index is -0.711. The van der Waals surface area contributed by atoms with Crippen LogP contribution in [0.2, 0.25) is 0 Å². The third kappa shape index (κ3) is 8.72. The number of allylic oxidation sites excluding steroid dienone is 1. The molecule has 1 amide bonds. The highest BCUT2D eigenvalue weighted by Gasteiger charge is 2.21. The van der Waals surface area contributed by atoms with E-state index in [-0.39, 0.29) is 18.2 Å². The largest absolute Gasteiger partial charge is 0.391 e. The Hall–Kier alpha value is -0.950. The van der Waals surface area contributed by atoms with E-state index in [9.17, 15) is 9.90 Å². The second kappa shape index (κ2) is 10.9. The van der Waals surface area contributed by atoms with Gasteiger partial charge in [0.05, 0.1) is 6.10 Å². The van der Waals surface area contributed by atoms with Crippen LogP contribution in [0.5, 0.6) is 0 Å². The number of nitrogens with one attached hydrogen (secondary N) is 2. The van der Waals surface area contributed by atoms with Crippen LogP contribution in [0.3, 0.4) is 0 Å². The summed E-state index contributed by atoms with van der Waals surface area (Å²) in [6.45, 7) is 6.28. The Morgan fingerprint density at radius 1 is 1.37 bits per heavy atom. The Kier molecular flexibility index (Phi) is 10.4. The number of carbonyl (C=O) groups is 1. The predicted octanol–water partition coefficient (Wildman–Crippen LogP) is -1.06. The van der Waals surface area contributed by atoms with E-state index in [0.29, 0.717) is 19.6 Å². The lowest BCUT2D eigenvalue weighted by atomic mass is 9.95. The van der Waals surface area contributed by atoms with Gasteiger partial charge in [0.1, 0.15) is 0 Å². The Balaban J connectivity index is 3.85. The maximum absolute atomic E-state index is 11.6. The lowest BCUT2D eigenvalue weighted by molar-refractivity contribution is -0.122. The van der Waals surface area contributed by atoms with E-state index in [1.165, 1.54) is 0 Å². The zero-order valence-corrected chi connectivity index (χ0v) is 11.9. The van der Waals surface area contributed by atoms with Crippen LogP contribution in [0.1, 0.15) is 20.3 Å². The molecule has 0 heterocycles. The number of aliphatic hydroxyl groups excluding tert-OH is 1. The summed E-state index contributed by atoms with van der Waals surface area (Å²) in [5.74, 6) is -0.201. The van der Waals surface area contributed by atoms with Crippen LogP contribution in [0.15, 0.2) is 12.2 Å². The summed E-state index contributed by atoms with van der Waals surface area (Å²) >= 11 is 0. The first-order valence-corrected chi connectivity index (χ1v) is 6.76. The molecule has 0 rings (SSSR count). The molecule has 0 spiro atoms. The number of hydrogen-bond acceptors (Lipinski definition) is 5. The standard InChI is InChI=1S/C13H28N4O2/c1-3-4-10(2)13(19)11(15)9-12(18)17-8-7-16-6-5-14/h3-4,10-11,13,16,19H,5-9,14-15H2,1-2H3,(H,17,18). The van der Waals surface area contributed by atoms with Crippen molar-refractivity contribution in [1.82, 2.24) is 10.6 Å². The van der Waals surface area contributed by atoms with Gasteiger partial charge in [-0.25, -0.2) is 0 Å². The van der Waals surface area contributed by atoms with Crippen LogP contribution in [0.4, 0.5) is 0 Å². The van der Waals surface area contributed by atoms with E-state index in [2.05, 4.69) is 10.6 Å². The van der Waals surface area contributed by atoms with E-state index >= 15 is 0 Å². The van der Waals surface area contributed by atoms with Gasteiger partial charge in [0, 0.05) is 44.6 Å². The van der Waals surface area contributed by atoms with Gasteiger partial charge in [-0.05, 0) is 6.92 Å². The summed E-state index contributed by atoms with van der Waals surface area (Å²) in [4.78, 5) is 11.6. The van der Waals surface area contributed by atoms with Crippen LogP contribution in [0, 0.1) is 5.92 Å². The van der Waals surface area contributed by atoms with Gasteiger partial charge in [0.15, 0.2) is 0 Å². The smallest absolute Gasteiger partial charge is 0.221 e. The van der Waals surface area contributed by atoms with Gasteiger partial charge in [-0.3, -0.25) is 4.79 Å². The number of rotatable bonds is 10. The van der Waals surface area contributed by atoms with E-state index in [1.54, 1.807) is 0 Å². The summed E-state index contributed by atoms with van der Waals surface area (Å²) < 4.78 is 0. The van der Waals surface area contributed by atoms with E-state index in [4.69, 9.17) is 11.5 Å². The van der Waals surface area contributed by atoms with Gasteiger partial charge in [-0.1, -0.05) is 19.1 Å². The predicted molar refractivity (Wildman–Crippen MR) is 77.5 cm³/mol. The zero-order chi connectivity index (χ0) is 14.7. The van der Waals surface area contributed by atoms with Crippen LogP contribution < -0.4 is 22.1 Å². The molecule has 0 aromatic rings. The van der Waals surface area contributed by atoms with Crippen LogP contribution in [0.25, 0.3) is 0 Å². The molecule has 112 valence electrons. The molecule has 0 aromatic heterocycles. The van der Waals surface area contributed by atoms with Crippen molar-refractivity contribution in [3.05, 3.63) is 12.2 Å². The van der Waals surface area contributed by atoms with Crippen molar-refractivity contribution in [3.8, 4) is 0 Å². The highest BCUT2D eigenvalue weighted by molar-refractivity contribution is 5.76. The maximum atomic E-state index is 11.6. The van der Waals surface area contributed by atoms with Gasteiger partial charge in [0.2, 0.25) is 5.91 Å².